The summed E-state index contributed by atoms with van der Waals surface area (Å²) >= 11 is 0. The van der Waals surface area contributed by atoms with Gasteiger partial charge < -0.3 is 25.3 Å². The molecule has 3 aliphatic carbocycles. The highest BCUT2D eigenvalue weighted by Gasteiger charge is 2.68. The maximum Gasteiger partial charge on any atom is 0.481 e. The molecule has 46 heavy (non-hydrogen) atoms. The Balaban J connectivity index is 1.21. The number of carbonyl (C=O) groups excluding carboxylic acids is 3. The molecular weight excluding hydrogens is 579 g/mol. The van der Waals surface area contributed by atoms with Gasteiger partial charge in [-0.3, -0.25) is 14.4 Å². The van der Waals surface area contributed by atoms with E-state index in [-0.39, 0.29) is 35.6 Å². The van der Waals surface area contributed by atoms with Gasteiger partial charge in [0.05, 0.1) is 23.2 Å². The van der Waals surface area contributed by atoms with Crippen molar-refractivity contribution in [2.45, 2.75) is 84.5 Å². The molecule has 3 aromatic rings. The molecular formula is C36H45BN4O5. The minimum Gasteiger partial charge on any atom is -0.404 e. The second-order valence-electron chi connectivity index (χ2n) is 14.6. The van der Waals surface area contributed by atoms with Crippen LogP contribution in [0.5, 0.6) is 0 Å². The van der Waals surface area contributed by atoms with Crippen LogP contribution in [0.15, 0.2) is 60.7 Å². The molecule has 1 saturated heterocycles. The van der Waals surface area contributed by atoms with Crippen LogP contribution in [0.1, 0.15) is 80.3 Å². The summed E-state index contributed by atoms with van der Waals surface area (Å²) in [5.74, 6) is -0.476. The lowest BCUT2D eigenvalue weighted by Crippen LogP contribution is -2.65. The number of benzene rings is 2. The van der Waals surface area contributed by atoms with Crippen LogP contribution in [0, 0.1) is 30.1 Å². The highest BCUT2D eigenvalue weighted by atomic mass is 16.7. The fourth-order valence-corrected chi connectivity index (χ4v) is 7.74. The van der Waals surface area contributed by atoms with Gasteiger partial charge >= 0.3 is 7.12 Å². The third-order valence-electron chi connectivity index (χ3n) is 10.6. The Bertz CT molecular complexity index is 1630. The van der Waals surface area contributed by atoms with Crippen molar-refractivity contribution in [2.75, 3.05) is 6.54 Å². The molecule has 10 heteroatoms. The Morgan fingerprint density at radius 3 is 2.41 bits per heavy atom. The molecule has 6 atom stereocenters. The number of aryl methyl sites for hydroxylation is 1. The van der Waals surface area contributed by atoms with Crippen molar-refractivity contribution in [1.29, 1.82) is 0 Å². The predicted molar refractivity (Wildman–Crippen MR) is 178 cm³/mol. The SMILES string of the molecule is Cc1ccc(C(=O)NC[C@H](NC(=O)c2ccc3ccccc3n2)C(=O)N[C@@H](CC(C)C)B2O[C@@H]3C[C@H]4C[C@H](C4(C)C)[C@]3(C)O2)cc1. The van der Waals surface area contributed by atoms with Gasteiger partial charge in [0.15, 0.2) is 0 Å². The van der Waals surface area contributed by atoms with Crippen LogP contribution in [-0.2, 0) is 14.1 Å². The highest BCUT2D eigenvalue weighted by molar-refractivity contribution is 6.48. The topological polar surface area (TPSA) is 119 Å². The molecule has 2 heterocycles. The first-order valence-electron chi connectivity index (χ1n) is 16.5. The summed E-state index contributed by atoms with van der Waals surface area (Å²) in [7, 11) is -0.614. The van der Waals surface area contributed by atoms with Gasteiger partial charge in [0.1, 0.15) is 11.7 Å². The molecule has 9 nitrogen and oxygen atoms in total. The summed E-state index contributed by atoms with van der Waals surface area (Å²) in [6.45, 7) is 12.8. The largest absolute Gasteiger partial charge is 0.481 e. The molecule has 3 amide bonds. The number of para-hydroxylation sites is 1. The van der Waals surface area contributed by atoms with E-state index in [4.69, 9.17) is 9.31 Å². The molecule has 7 rings (SSSR count). The number of aromatic nitrogens is 1. The Morgan fingerprint density at radius 2 is 1.70 bits per heavy atom. The summed E-state index contributed by atoms with van der Waals surface area (Å²) in [5, 5.41) is 9.73. The van der Waals surface area contributed by atoms with E-state index >= 15 is 0 Å². The number of hydrogen-bond donors (Lipinski definition) is 3. The highest BCUT2D eigenvalue weighted by Crippen LogP contribution is 2.65. The summed E-state index contributed by atoms with van der Waals surface area (Å²) in [4.78, 5) is 45.0. The zero-order valence-corrected chi connectivity index (χ0v) is 27.6. The first-order chi connectivity index (χ1) is 21.8. The van der Waals surface area contributed by atoms with E-state index in [1.807, 2.05) is 49.4 Å². The van der Waals surface area contributed by atoms with E-state index in [0.717, 1.165) is 23.8 Å². The Kier molecular flexibility index (Phi) is 8.72. The van der Waals surface area contributed by atoms with Crippen molar-refractivity contribution in [3.8, 4) is 0 Å². The molecule has 3 N–H and O–H groups in total. The summed E-state index contributed by atoms with van der Waals surface area (Å²) in [5.41, 5.74) is 2.14. The minimum absolute atomic E-state index is 0.0240. The van der Waals surface area contributed by atoms with Gasteiger partial charge in [-0.1, -0.05) is 69.7 Å². The molecule has 0 radical (unpaired) electrons. The first-order valence-corrected chi connectivity index (χ1v) is 16.5. The van der Waals surface area contributed by atoms with E-state index in [0.29, 0.717) is 29.3 Å². The molecule has 2 aromatic carbocycles. The standard InChI is InChI=1S/C36H45BN4O5/c1-21(2)17-31(37-45-30-19-25-18-29(35(25,4)5)36(30,6)46-37)41-34(44)28(20-38-32(42)24-13-11-22(3)12-14-24)40-33(43)27-16-15-23-9-7-8-10-26(23)39-27/h7-16,21,25,28-31H,17-20H2,1-6H3,(H,38,42)(H,40,43)(H,41,44)/t25-,28+,29-,30-,31+,36+/m1/s1. The van der Waals surface area contributed by atoms with Crippen LogP contribution in [0.4, 0.5) is 0 Å². The fraction of sp³-hybridized carbons (Fsp3) is 0.500. The smallest absolute Gasteiger partial charge is 0.404 e. The number of hydrogen-bond acceptors (Lipinski definition) is 6. The maximum absolute atomic E-state index is 14.0. The van der Waals surface area contributed by atoms with Gasteiger partial charge in [0.25, 0.3) is 11.8 Å². The molecule has 1 aliphatic heterocycles. The lowest BCUT2D eigenvalue weighted by Gasteiger charge is -2.64. The van der Waals surface area contributed by atoms with Crippen LogP contribution in [0.25, 0.3) is 10.9 Å². The lowest BCUT2D eigenvalue weighted by atomic mass is 9.43. The number of amides is 3. The Morgan fingerprint density at radius 1 is 0.957 bits per heavy atom. The van der Waals surface area contributed by atoms with Crippen molar-refractivity contribution >= 4 is 35.7 Å². The van der Waals surface area contributed by atoms with Crippen molar-refractivity contribution in [3.05, 3.63) is 77.5 Å². The predicted octanol–water partition coefficient (Wildman–Crippen LogP) is 4.87. The first kappa shape index (κ1) is 32.2. The molecule has 4 aliphatic rings. The second-order valence-corrected chi connectivity index (χ2v) is 14.6. The number of pyridine rings is 1. The lowest BCUT2D eigenvalue weighted by molar-refractivity contribution is -0.199. The second kappa shape index (κ2) is 12.5. The summed E-state index contributed by atoms with van der Waals surface area (Å²) in [6, 6.07) is 17.1. The zero-order chi connectivity index (χ0) is 32.8. The molecule has 0 spiro atoms. The minimum atomic E-state index is -1.07. The monoisotopic (exact) mass is 624 g/mol. The van der Waals surface area contributed by atoms with Crippen molar-refractivity contribution in [3.63, 3.8) is 0 Å². The van der Waals surface area contributed by atoms with E-state index in [1.54, 1.807) is 18.2 Å². The normalized spacial score (nSPS) is 25.7. The fourth-order valence-electron chi connectivity index (χ4n) is 7.74. The van der Waals surface area contributed by atoms with Crippen LogP contribution < -0.4 is 16.0 Å². The third-order valence-corrected chi connectivity index (χ3v) is 10.6. The summed E-state index contributed by atoms with van der Waals surface area (Å²) < 4.78 is 13.3. The Labute approximate surface area is 271 Å². The van der Waals surface area contributed by atoms with Gasteiger partial charge in [0, 0.05) is 17.5 Å². The third kappa shape index (κ3) is 6.17. The van der Waals surface area contributed by atoms with E-state index in [2.05, 4.69) is 55.6 Å². The van der Waals surface area contributed by atoms with Gasteiger partial charge in [-0.2, -0.15) is 0 Å². The van der Waals surface area contributed by atoms with Crippen molar-refractivity contribution in [2.24, 2.45) is 23.2 Å². The number of nitrogens with zero attached hydrogens (tertiary/aromatic N) is 1. The summed E-state index contributed by atoms with van der Waals surface area (Å²) in [6.07, 6.45) is 2.68. The van der Waals surface area contributed by atoms with Crippen LogP contribution in [0.2, 0.25) is 0 Å². The van der Waals surface area contributed by atoms with Crippen LogP contribution >= 0.6 is 0 Å². The van der Waals surface area contributed by atoms with Gasteiger partial charge in [0.2, 0.25) is 5.91 Å². The Hall–Kier alpha value is -3.76. The molecule has 1 aromatic heterocycles. The van der Waals surface area contributed by atoms with Crippen LogP contribution in [-0.4, -0.2) is 60.1 Å². The number of nitrogens with one attached hydrogen (secondary N) is 3. The molecule has 4 fully saturated rings. The maximum atomic E-state index is 14.0. The molecule has 2 bridgehead atoms. The average molecular weight is 625 g/mol. The van der Waals surface area contributed by atoms with E-state index in [9.17, 15) is 14.4 Å². The van der Waals surface area contributed by atoms with Gasteiger partial charge in [-0.25, -0.2) is 4.98 Å². The average Bonchev–Trinajstić information content (AvgIpc) is 3.39. The van der Waals surface area contributed by atoms with Crippen molar-refractivity contribution in [1.82, 2.24) is 20.9 Å². The van der Waals surface area contributed by atoms with Gasteiger partial charge in [-0.05, 0) is 80.5 Å². The number of fused-ring (bicyclic) bond motifs is 1. The van der Waals surface area contributed by atoms with E-state index < -0.39 is 36.5 Å². The quantitative estimate of drug-likeness (QED) is 0.277. The molecule has 0 unspecified atom stereocenters. The number of rotatable bonds is 10. The molecule has 3 saturated carbocycles. The number of carbonyl (C=O) groups is 3. The van der Waals surface area contributed by atoms with Crippen molar-refractivity contribution < 1.29 is 23.7 Å². The van der Waals surface area contributed by atoms with Crippen LogP contribution in [0.3, 0.4) is 0 Å². The zero-order valence-electron chi connectivity index (χ0n) is 27.6. The molecule has 242 valence electrons. The van der Waals surface area contributed by atoms with Gasteiger partial charge in [-0.15, -0.1) is 0 Å². The van der Waals surface area contributed by atoms with E-state index in [1.165, 1.54) is 0 Å².